The van der Waals surface area contributed by atoms with Crippen LogP contribution in [-0.4, -0.2) is 32.4 Å². The molecule has 0 spiro atoms. The summed E-state index contributed by atoms with van der Waals surface area (Å²) in [7, 11) is 0. The number of esters is 2. The minimum absolute atomic E-state index is 0.0912. The van der Waals surface area contributed by atoms with Crippen LogP contribution in [0.3, 0.4) is 0 Å². The van der Waals surface area contributed by atoms with Crippen molar-refractivity contribution in [1.29, 1.82) is 0 Å². The number of ether oxygens (including phenoxy) is 2. The molecule has 8 nitrogen and oxygen atoms in total. The highest BCUT2D eigenvalue weighted by molar-refractivity contribution is 6.00. The van der Waals surface area contributed by atoms with Crippen molar-refractivity contribution in [3.8, 4) is 34.5 Å². The van der Waals surface area contributed by atoms with Gasteiger partial charge in [-0.3, -0.25) is 0 Å². The van der Waals surface area contributed by atoms with Gasteiger partial charge in [-0.2, -0.15) is 0 Å². The number of hydrogen-bond donors (Lipinski definition) is 4. The molecule has 5 aromatic rings. The molecule has 0 bridgehead atoms. The largest absolute Gasteiger partial charge is 0.504 e. The summed E-state index contributed by atoms with van der Waals surface area (Å²) in [5.41, 5.74) is 0.182. The lowest BCUT2D eigenvalue weighted by atomic mass is 10.0. The number of phenols is 4. The van der Waals surface area contributed by atoms with Crippen LogP contribution in [0.2, 0.25) is 0 Å². The summed E-state index contributed by atoms with van der Waals surface area (Å²) < 4.78 is 10.8. The van der Waals surface area contributed by atoms with Crippen LogP contribution in [0.1, 0.15) is 20.7 Å². The Morgan fingerprint density at radius 3 is 1.25 bits per heavy atom. The second-order valence-corrected chi connectivity index (χ2v) is 8.06. The Hall–Kier alpha value is -5.24. The van der Waals surface area contributed by atoms with Crippen LogP contribution < -0.4 is 9.47 Å². The first-order valence-electron chi connectivity index (χ1n) is 10.7. The molecule has 8 heteroatoms. The maximum absolute atomic E-state index is 12.4. The molecule has 0 aliphatic carbocycles. The molecular weight excluding hydrogens is 464 g/mol. The highest BCUT2D eigenvalue weighted by Crippen LogP contribution is 2.31. The minimum atomic E-state index is -0.682. The lowest BCUT2D eigenvalue weighted by Crippen LogP contribution is -2.08. The van der Waals surface area contributed by atoms with E-state index in [0.717, 1.165) is 33.7 Å². The van der Waals surface area contributed by atoms with E-state index in [2.05, 4.69) is 0 Å². The summed E-state index contributed by atoms with van der Waals surface area (Å²) >= 11 is 0. The van der Waals surface area contributed by atoms with E-state index in [4.69, 9.17) is 9.47 Å². The Labute approximate surface area is 203 Å². The van der Waals surface area contributed by atoms with Crippen molar-refractivity contribution in [2.45, 2.75) is 0 Å². The number of benzene rings is 5. The van der Waals surface area contributed by atoms with Gasteiger partial charge in [0.2, 0.25) is 0 Å². The Bertz CT molecular complexity index is 1550. The molecule has 0 saturated heterocycles. The zero-order chi connectivity index (χ0) is 25.4. The van der Waals surface area contributed by atoms with Gasteiger partial charge in [-0.25, -0.2) is 9.59 Å². The zero-order valence-corrected chi connectivity index (χ0v) is 18.5. The van der Waals surface area contributed by atoms with Gasteiger partial charge in [-0.1, -0.05) is 12.1 Å². The monoisotopic (exact) mass is 482 g/mol. The fraction of sp³-hybridized carbons (Fsp3) is 0. The summed E-state index contributed by atoms with van der Waals surface area (Å²) in [5, 5.41) is 41.4. The average molecular weight is 482 g/mol. The Morgan fingerprint density at radius 1 is 0.444 bits per heavy atom. The molecule has 0 heterocycles. The summed E-state index contributed by atoms with van der Waals surface area (Å²) in [5.74, 6) is -2.24. The van der Waals surface area contributed by atoms with Gasteiger partial charge < -0.3 is 29.9 Å². The number of phenolic OH excluding ortho intramolecular Hbond substituents is 4. The topological polar surface area (TPSA) is 134 Å². The lowest BCUT2D eigenvalue weighted by molar-refractivity contribution is 0.0725. The van der Waals surface area contributed by atoms with Crippen LogP contribution >= 0.6 is 0 Å². The molecule has 36 heavy (non-hydrogen) atoms. The number of carbonyl (C=O) groups is 2. The highest BCUT2D eigenvalue weighted by atomic mass is 16.5. The molecule has 0 aromatic heterocycles. The van der Waals surface area contributed by atoms with E-state index < -0.39 is 23.4 Å². The standard InChI is InChI=1S/C28H18O8/c29-23-7-3-17(13-25(23)31)27(33)35-21-5-1-15-9-20-12-22(6-2-16(20)10-19(15)11-21)36-28(34)18-4-8-24(30)26(32)14-18/h1-14,29-32H. The van der Waals surface area contributed by atoms with Gasteiger partial charge in [0.25, 0.3) is 0 Å². The third-order valence-electron chi connectivity index (χ3n) is 5.58. The van der Waals surface area contributed by atoms with E-state index in [1.54, 1.807) is 36.4 Å². The number of fused-ring (bicyclic) bond motifs is 2. The van der Waals surface area contributed by atoms with Crippen molar-refractivity contribution in [3.63, 3.8) is 0 Å². The maximum Gasteiger partial charge on any atom is 0.343 e. The quantitative estimate of drug-likeness (QED) is 0.118. The summed E-state index contributed by atoms with van der Waals surface area (Å²) in [4.78, 5) is 24.8. The van der Waals surface area contributed by atoms with Gasteiger partial charge in [0.05, 0.1) is 11.1 Å². The SMILES string of the molecule is O=C(Oc1ccc2cc3cc(OC(=O)c4ccc(O)c(O)c4)ccc3cc2c1)c1ccc(O)c(O)c1. The van der Waals surface area contributed by atoms with Crippen molar-refractivity contribution in [3.05, 3.63) is 96.1 Å². The molecule has 178 valence electrons. The van der Waals surface area contributed by atoms with Crippen molar-refractivity contribution >= 4 is 33.5 Å². The van der Waals surface area contributed by atoms with Crippen LogP contribution in [0.5, 0.6) is 34.5 Å². The zero-order valence-electron chi connectivity index (χ0n) is 18.5. The molecule has 4 N–H and O–H groups in total. The van der Waals surface area contributed by atoms with Gasteiger partial charge in [0.15, 0.2) is 23.0 Å². The van der Waals surface area contributed by atoms with E-state index in [1.165, 1.54) is 24.3 Å². The first-order chi connectivity index (χ1) is 17.3. The van der Waals surface area contributed by atoms with Gasteiger partial charge >= 0.3 is 11.9 Å². The summed E-state index contributed by atoms with van der Waals surface area (Å²) in [6.07, 6.45) is 0. The third kappa shape index (κ3) is 4.43. The molecule has 0 amide bonds. The first kappa shape index (κ1) is 22.5. The van der Waals surface area contributed by atoms with Crippen LogP contribution in [0, 0.1) is 0 Å². The lowest BCUT2D eigenvalue weighted by Gasteiger charge is -2.09. The molecule has 0 aliphatic rings. The van der Waals surface area contributed by atoms with E-state index in [1.807, 2.05) is 12.1 Å². The predicted molar refractivity (Wildman–Crippen MR) is 131 cm³/mol. The van der Waals surface area contributed by atoms with Crippen LogP contribution in [0.15, 0.2) is 84.9 Å². The molecule has 0 atom stereocenters. The van der Waals surface area contributed by atoms with Gasteiger partial charge in [0.1, 0.15) is 11.5 Å². The number of carbonyl (C=O) groups excluding carboxylic acids is 2. The van der Waals surface area contributed by atoms with Gasteiger partial charge in [-0.05, 0) is 94.3 Å². The van der Waals surface area contributed by atoms with Crippen molar-refractivity contribution in [2.75, 3.05) is 0 Å². The van der Waals surface area contributed by atoms with E-state index in [9.17, 15) is 30.0 Å². The second-order valence-electron chi connectivity index (χ2n) is 8.06. The summed E-state index contributed by atoms with van der Waals surface area (Å²) in [6, 6.07) is 21.4. The molecule has 0 unspecified atom stereocenters. The second kappa shape index (κ2) is 8.84. The van der Waals surface area contributed by atoms with Crippen molar-refractivity contribution in [1.82, 2.24) is 0 Å². The predicted octanol–water partition coefficient (Wildman–Crippen LogP) is 5.25. The minimum Gasteiger partial charge on any atom is -0.504 e. The van der Waals surface area contributed by atoms with E-state index >= 15 is 0 Å². The van der Waals surface area contributed by atoms with E-state index in [-0.39, 0.29) is 22.6 Å². The highest BCUT2D eigenvalue weighted by Gasteiger charge is 2.14. The van der Waals surface area contributed by atoms with Crippen LogP contribution in [-0.2, 0) is 0 Å². The van der Waals surface area contributed by atoms with Crippen LogP contribution in [0.25, 0.3) is 21.5 Å². The summed E-state index contributed by atoms with van der Waals surface area (Å²) in [6.45, 7) is 0. The molecule has 0 radical (unpaired) electrons. The normalized spacial score (nSPS) is 10.9. The van der Waals surface area contributed by atoms with Gasteiger partial charge in [0, 0.05) is 0 Å². The average Bonchev–Trinajstić information content (AvgIpc) is 2.86. The Morgan fingerprint density at radius 2 is 0.861 bits per heavy atom. The molecule has 0 aliphatic heterocycles. The number of aromatic hydroxyl groups is 4. The Kier molecular flexibility index (Phi) is 5.54. The fourth-order valence-electron chi connectivity index (χ4n) is 3.71. The first-order valence-corrected chi connectivity index (χ1v) is 10.7. The maximum atomic E-state index is 12.4. The van der Waals surface area contributed by atoms with Crippen molar-refractivity contribution in [2.24, 2.45) is 0 Å². The molecule has 0 saturated carbocycles. The number of rotatable bonds is 4. The van der Waals surface area contributed by atoms with Crippen LogP contribution in [0.4, 0.5) is 0 Å². The Balaban J connectivity index is 1.38. The van der Waals surface area contributed by atoms with E-state index in [0.29, 0.717) is 11.5 Å². The molecule has 0 fully saturated rings. The molecule has 5 aromatic carbocycles. The third-order valence-corrected chi connectivity index (χ3v) is 5.58. The molecule has 5 rings (SSSR count). The van der Waals surface area contributed by atoms with Crippen molar-refractivity contribution < 1.29 is 39.5 Å². The molecular formula is C28H18O8. The van der Waals surface area contributed by atoms with Gasteiger partial charge in [-0.15, -0.1) is 0 Å². The fourth-order valence-corrected chi connectivity index (χ4v) is 3.71. The number of hydrogen-bond acceptors (Lipinski definition) is 8. The smallest absolute Gasteiger partial charge is 0.343 e.